The summed E-state index contributed by atoms with van der Waals surface area (Å²) < 4.78 is 76.0. The first kappa shape index (κ1) is 23.1. The summed E-state index contributed by atoms with van der Waals surface area (Å²) in [5.41, 5.74) is 0.731. The van der Waals surface area contributed by atoms with Gasteiger partial charge in [0, 0.05) is 7.11 Å². The number of hydrogen-bond acceptors (Lipinski definition) is 9. The van der Waals surface area contributed by atoms with Crippen LogP contribution in [0.4, 0.5) is 0 Å². The van der Waals surface area contributed by atoms with E-state index in [9.17, 15) is 21.9 Å². The Labute approximate surface area is 162 Å². The first-order valence-corrected chi connectivity index (χ1v) is 10.8. The Balaban J connectivity index is 2.22. The molecule has 5 N–H and O–H groups in total. The molecule has 1 aliphatic rings. The summed E-state index contributed by atoms with van der Waals surface area (Å²) >= 11 is 0. The van der Waals surface area contributed by atoms with Crippen LogP contribution in [0.15, 0.2) is 30.3 Å². The van der Waals surface area contributed by atoms with Gasteiger partial charge in [0.15, 0.2) is 6.29 Å². The van der Waals surface area contributed by atoms with Gasteiger partial charge in [0.1, 0.15) is 24.4 Å². The highest BCUT2D eigenvalue weighted by Crippen LogP contribution is 2.26. The molecule has 1 aliphatic heterocycles. The van der Waals surface area contributed by atoms with Gasteiger partial charge in [-0.05, 0) is 5.56 Å². The van der Waals surface area contributed by atoms with Gasteiger partial charge in [0.25, 0.3) is 0 Å². The predicted octanol–water partition coefficient (Wildman–Crippen LogP) is -1.71. The Kier molecular flexibility index (Phi) is 7.86. The highest BCUT2D eigenvalue weighted by Gasteiger charge is 2.48. The third kappa shape index (κ3) is 7.00. The van der Waals surface area contributed by atoms with Gasteiger partial charge in [-0.25, -0.2) is 5.14 Å². The lowest BCUT2D eigenvalue weighted by atomic mass is 9.97. The number of hydrogen-bond donors (Lipinski definition) is 4. The molecule has 0 spiro atoms. The fraction of sp³-hybridized carbons (Fsp3) is 0.571. The fourth-order valence-electron chi connectivity index (χ4n) is 2.69. The molecule has 160 valence electrons. The van der Waals surface area contributed by atoms with Crippen molar-refractivity contribution in [2.45, 2.75) is 37.3 Å². The first-order valence-electron chi connectivity index (χ1n) is 7.94. The SMILES string of the molecule is CO[C@H]1O[C@H](COS(N)(=O)=O)[C@@H](OCc2ccccc2)[C@H](O)[C@H]1NS(=O)(=O)O. The van der Waals surface area contributed by atoms with Crippen LogP contribution in [0.5, 0.6) is 0 Å². The van der Waals surface area contributed by atoms with Crippen molar-refractivity contribution in [2.24, 2.45) is 5.14 Å². The van der Waals surface area contributed by atoms with Gasteiger partial charge in [0.2, 0.25) is 0 Å². The maximum absolute atomic E-state index is 11.2. The first-order chi connectivity index (χ1) is 13.0. The Morgan fingerprint density at radius 3 is 2.39 bits per heavy atom. The van der Waals surface area contributed by atoms with Crippen molar-refractivity contribution in [1.82, 2.24) is 4.72 Å². The van der Waals surface area contributed by atoms with Crippen LogP contribution in [0.25, 0.3) is 0 Å². The Morgan fingerprint density at radius 2 is 1.86 bits per heavy atom. The summed E-state index contributed by atoms with van der Waals surface area (Å²) in [5.74, 6) is 0. The smallest absolute Gasteiger partial charge is 0.333 e. The molecule has 5 atom stereocenters. The maximum Gasteiger partial charge on any atom is 0.333 e. The molecule has 1 aromatic rings. The molecule has 28 heavy (non-hydrogen) atoms. The van der Waals surface area contributed by atoms with Crippen molar-refractivity contribution in [2.75, 3.05) is 13.7 Å². The van der Waals surface area contributed by atoms with Crippen LogP contribution in [0.1, 0.15) is 5.56 Å². The van der Waals surface area contributed by atoms with E-state index in [0.717, 1.165) is 5.56 Å². The minimum absolute atomic E-state index is 0.00591. The molecule has 0 bridgehead atoms. The lowest BCUT2D eigenvalue weighted by Crippen LogP contribution is -2.65. The van der Waals surface area contributed by atoms with Gasteiger partial charge in [-0.2, -0.15) is 21.6 Å². The zero-order valence-corrected chi connectivity index (χ0v) is 16.4. The van der Waals surface area contributed by atoms with Gasteiger partial charge in [-0.15, -0.1) is 0 Å². The van der Waals surface area contributed by atoms with Crippen LogP contribution in [0, 0.1) is 0 Å². The van der Waals surface area contributed by atoms with Crippen molar-refractivity contribution in [1.29, 1.82) is 0 Å². The highest BCUT2D eigenvalue weighted by molar-refractivity contribution is 7.84. The maximum atomic E-state index is 11.2. The van der Waals surface area contributed by atoms with Crippen molar-refractivity contribution in [3.05, 3.63) is 35.9 Å². The van der Waals surface area contributed by atoms with Crippen molar-refractivity contribution < 1.29 is 44.9 Å². The zero-order valence-electron chi connectivity index (χ0n) is 14.7. The quantitative estimate of drug-likeness (QED) is 0.321. The van der Waals surface area contributed by atoms with Crippen molar-refractivity contribution in [3.8, 4) is 0 Å². The molecule has 12 nitrogen and oxygen atoms in total. The van der Waals surface area contributed by atoms with Gasteiger partial charge in [-0.3, -0.25) is 8.74 Å². The van der Waals surface area contributed by atoms with E-state index < -0.39 is 57.9 Å². The fourth-order valence-corrected chi connectivity index (χ4v) is 3.61. The minimum atomic E-state index is -4.72. The number of benzene rings is 1. The van der Waals surface area contributed by atoms with Gasteiger partial charge in [0.05, 0.1) is 13.2 Å². The number of ether oxygens (including phenoxy) is 3. The van der Waals surface area contributed by atoms with Crippen molar-refractivity contribution in [3.63, 3.8) is 0 Å². The number of methoxy groups -OCH3 is 1. The second-order valence-electron chi connectivity index (χ2n) is 5.93. The molecule has 14 heteroatoms. The second kappa shape index (κ2) is 9.53. The molecule has 1 heterocycles. The van der Waals surface area contributed by atoms with E-state index in [1.165, 1.54) is 7.11 Å². The molecule has 0 unspecified atom stereocenters. The molecular weight excluding hydrogens is 420 g/mol. The summed E-state index contributed by atoms with van der Waals surface area (Å²) in [4.78, 5) is 0. The molecule has 0 aromatic heterocycles. The molecule has 1 aromatic carbocycles. The summed E-state index contributed by atoms with van der Waals surface area (Å²) in [6, 6.07) is 7.37. The molecule has 0 aliphatic carbocycles. The van der Waals surface area contributed by atoms with Crippen molar-refractivity contribution >= 4 is 20.6 Å². The van der Waals surface area contributed by atoms with E-state index in [-0.39, 0.29) is 6.61 Å². The molecule has 0 saturated carbocycles. The molecule has 1 saturated heterocycles. The monoisotopic (exact) mass is 442 g/mol. The summed E-state index contributed by atoms with van der Waals surface area (Å²) in [6.45, 7) is -0.623. The van der Waals surface area contributed by atoms with Crippen LogP contribution >= 0.6 is 0 Å². The van der Waals surface area contributed by atoms with Gasteiger partial charge >= 0.3 is 20.6 Å². The molecular formula is C14H22N2O10S2. The number of aliphatic hydroxyl groups is 1. The standard InChI is InChI=1S/C14H22N2O10S2/c1-23-14-11(16-28(20,21)22)12(17)13(10(26-14)8-25-27(15,18)19)24-7-9-5-3-2-4-6-9/h2-6,10-14,16-17H,7-8H2,1H3,(H2,15,18,19)(H,20,21,22)/t10-,11-,12-,13-,14+/m1/s1. The third-order valence-electron chi connectivity index (χ3n) is 3.87. The number of rotatable bonds is 9. The second-order valence-corrected chi connectivity index (χ2v) is 8.33. The minimum Gasteiger partial charge on any atom is -0.388 e. The average molecular weight is 442 g/mol. The van der Waals surface area contributed by atoms with E-state index in [1.807, 2.05) is 0 Å². The van der Waals surface area contributed by atoms with Gasteiger partial charge in [-0.1, -0.05) is 30.3 Å². The highest BCUT2D eigenvalue weighted by atomic mass is 32.2. The Morgan fingerprint density at radius 1 is 1.21 bits per heavy atom. The molecule has 0 radical (unpaired) electrons. The van der Waals surface area contributed by atoms with Crippen LogP contribution in [-0.4, -0.2) is 70.9 Å². The van der Waals surface area contributed by atoms with E-state index in [1.54, 1.807) is 35.1 Å². The molecule has 1 fully saturated rings. The molecule has 2 rings (SSSR count). The van der Waals surface area contributed by atoms with Crippen LogP contribution in [0.3, 0.4) is 0 Å². The van der Waals surface area contributed by atoms with Crippen LogP contribution in [0.2, 0.25) is 0 Å². The van der Waals surface area contributed by atoms with Crippen LogP contribution in [-0.2, 0) is 45.6 Å². The summed E-state index contributed by atoms with van der Waals surface area (Å²) in [7, 11) is -7.86. The van der Waals surface area contributed by atoms with Crippen LogP contribution < -0.4 is 9.86 Å². The van der Waals surface area contributed by atoms with E-state index in [2.05, 4.69) is 4.18 Å². The Hall–Kier alpha value is -1.20. The largest absolute Gasteiger partial charge is 0.388 e. The molecule has 0 amide bonds. The predicted molar refractivity (Wildman–Crippen MR) is 94.2 cm³/mol. The lowest BCUT2D eigenvalue weighted by molar-refractivity contribution is -0.269. The van der Waals surface area contributed by atoms with E-state index in [4.69, 9.17) is 23.9 Å². The topological polar surface area (TPSA) is 184 Å². The third-order valence-corrected chi connectivity index (χ3v) is 4.91. The normalized spacial score (nSPS) is 28.9. The number of nitrogens with two attached hydrogens (primary N) is 1. The number of aliphatic hydroxyl groups excluding tert-OH is 1. The zero-order chi connectivity index (χ0) is 20.9. The summed E-state index contributed by atoms with van der Waals surface area (Å²) in [5, 5.41) is 15.4. The van der Waals surface area contributed by atoms with E-state index >= 15 is 0 Å². The Bertz CT molecular complexity index is 831. The summed E-state index contributed by atoms with van der Waals surface area (Å²) in [6.07, 6.45) is -5.38. The van der Waals surface area contributed by atoms with Gasteiger partial charge < -0.3 is 19.3 Å². The van der Waals surface area contributed by atoms with E-state index in [0.29, 0.717) is 0 Å². The number of nitrogens with one attached hydrogen (secondary N) is 1. The average Bonchev–Trinajstić information content (AvgIpc) is 2.60. The lowest BCUT2D eigenvalue weighted by Gasteiger charge is -2.43.